The lowest BCUT2D eigenvalue weighted by Gasteiger charge is -2.19. The highest BCUT2D eigenvalue weighted by molar-refractivity contribution is 7.22. The molecule has 4 rings (SSSR count). The van der Waals surface area contributed by atoms with Gasteiger partial charge in [0.1, 0.15) is 17.1 Å². The second-order valence-corrected chi connectivity index (χ2v) is 7.42. The third-order valence-electron chi connectivity index (χ3n) is 4.44. The van der Waals surface area contributed by atoms with E-state index in [9.17, 15) is 9.18 Å². The Bertz CT molecular complexity index is 1130. The van der Waals surface area contributed by atoms with Gasteiger partial charge in [-0.25, -0.2) is 9.37 Å². The zero-order chi connectivity index (χ0) is 20.2. The third kappa shape index (κ3) is 4.25. The quantitative estimate of drug-likeness (QED) is 0.468. The molecule has 4 aromatic rings. The highest BCUT2D eigenvalue weighted by Gasteiger charge is 2.22. The van der Waals surface area contributed by atoms with Gasteiger partial charge in [0.2, 0.25) is 5.91 Å². The Hall–Kier alpha value is -3.32. The maximum absolute atomic E-state index is 13.2. The van der Waals surface area contributed by atoms with Crippen molar-refractivity contribution in [2.24, 2.45) is 0 Å². The molecule has 0 aliphatic carbocycles. The van der Waals surface area contributed by atoms with Crippen molar-refractivity contribution in [2.45, 2.75) is 13.0 Å². The Balaban J connectivity index is 1.69. The fourth-order valence-electron chi connectivity index (χ4n) is 2.98. The fraction of sp³-hybridized carbons (Fsp3) is 0.136. The van der Waals surface area contributed by atoms with Gasteiger partial charge >= 0.3 is 0 Å². The molecule has 2 aromatic heterocycles. The molecule has 0 N–H and O–H groups in total. The van der Waals surface area contributed by atoms with Crippen LogP contribution < -0.4 is 9.64 Å². The summed E-state index contributed by atoms with van der Waals surface area (Å²) in [6.07, 6.45) is 1.83. The number of nitrogens with zero attached hydrogens (tertiary/aromatic N) is 3. The van der Waals surface area contributed by atoms with E-state index in [2.05, 4.69) is 9.97 Å². The lowest BCUT2D eigenvalue weighted by atomic mass is 10.1. The predicted octanol–water partition coefficient (Wildman–Crippen LogP) is 4.61. The van der Waals surface area contributed by atoms with Gasteiger partial charge in [-0.2, -0.15) is 0 Å². The van der Waals surface area contributed by atoms with E-state index in [1.807, 2.05) is 36.4 Å². The smallest absolute Gasteiger partial charge is 0.233 e. The SMILES string of the molecule is COc1cccc2sc(N(Cc3ccccn3)C(=O)Cc3ccc(F)cc3)nc12. The van der Waals surface area contributed by atoms with E-state index < -0.39 is 0 Å². The number of aromatic nitrogens is 2. The number of benzene rings is 2. The Labute approximate surface area is 171 Å². The van der Waals surface area contributed by atoms with Crippen molar-refractivity contribution in [3.05, 3.63) is 83.9 Å². The number of carbonyl (C=O) groups is 1. The minimum absolute atomic E-state index is 0.139. The second-order valence-electron chi connectivity index (χ2n) is 6.41. The molecular formula is C22H18FN3O2S. The van der Waals surface area contributed by atoms with Crippen LogP contribution >= 0.6 is 11.3 Å². The van der Waals surface area contributed by atoms with Gasteiger partial charge in [-0.15, -0.1) is 0 Å². The molecule has 0 spiro atoms. The van der Waals surface area contributed by atoms with Crippen molar-refractivity contribution in [3.63, 3.8) is 0 Å². The molecule has 0 bridgehead atoms. The summed E-state index contributed by atoms with van der Waals surface area (Å²) >= 11 is 1.42. The Morgan fingerprint density at radius 1 is 1.10 bits per heavy atom. The summed E-state index contributed by atoms with van der Waals surface area (Å²) in [5.74, 6) is 0.193. The number of hydrogen-bond acceptors (Lipinski definition) is 5. The molecule has 2 heterocycles. The Morgan fingerprint density at radius 2 is 1.93 bits per heavy atom. The molecule has 0 aliphatic heterocycles. The zero-order valence-electron chi connectivity index (χ0n) is 15.7. The first kappa shape index (κ1) is 19.0. The van der Waals surface area contributed by atoms with Gasteiger partial charge in [-0.1, -0.05) is 35.6 Å². The van der Waals surface area contributed by atoms with Gasteiger partial charge in [0.25, 0.3) is 0 Å². The van der Waals surface area contributed by atoms with Gasteiger partial charge in [-0.05, 0) is 42.0 Å². The van der Waals surface area contributed by atoms with E-state index in [-0.39, 0.29) is 18.1 Å². The first-order valence-corrected chi connectivity index (χ1v) is 9.84. The van der Waals surface area contributed by atoms with Crippen molar-refractivity contribution in [1.82, 2.24) is 9.97 Å². The molecule has 2 aromatic carbocycles. The summed E-state index contributed by atoms with van der Waals surface area (Å²) in [6, 6.07) is 17.2. The number of thiazole rings is 1. The number of pyridine rings is 1. The zero-order valence-corrected chi connectivity index (χ0v) is 16.5. The molecule has 0 saturated carbocycles. The Kier molecular flexibility index (Phi) is 5.48. The molecule has 1 amide bonds. The average Bonchev–Trinajstić information content (AvgIpc) is 3.18. The molecule has 0 saturated heterocycles. The average molecular weight is 407 g/mol. The molecule has 0 aliphatic rings. The molecule has 29 heavy (non-hydrogen) atoms. The minimum atomic E-state index is -0.329. The van der Waals surface area contributed by atoms with E-state index in [0.29, 0.717) is 17.4 Å². The van der Waals surface area contributed by atoms with Crippen LogP contribution in [-0.2, 0) is 17.8 Å². The van der Waals surface area contributed by atoms with Crippen LogP contribution in [0.1, 0.15) is 11.3 Å². The molecule has 146 valence electrons. The molecular weight excluding hydrogens is 389 g/mol. The van der Waals surface area contributed by atoms with Crippen molar-refractivity contribution in [2.75, 3.05) is 12.0 Å². The Morgan fingerprint density at radius 3 is 2.66 bits per heavy atom. The summed E-state index contributed by atoms with van der Waals surface area (Å²) < 4.78 is 19.5. The number of carbonyl (C=O) groups excluding carboxylic acids is 1. The van der Waals surface area contributed by atoms with Crippen LogP contribution in [0.5, 0.6) is 5.75 Å². The van der Waals surface area contributed by atoms with Crippen LogP contribution in [0.15, 0.2) is 66.9 Å². The normalized spacial score (nSPS) is 10.8. The van der Waals surface area contributed by atoms with Crippen LogP contribution in [0.4, 0.5) is 9.52 Å². The number of amides is 1. The van der Waals surface area contributed by atoms with Crippen molar-refractivity contribution < 1.29 is 13.9 Å². The molecule has 7 heteroatoms. The highest BCUT2D eigenvalue weighted by atomic mass is 32.1. The number of rotatable bonds is 6. The maximum atomic E-state index is 13.2. The van der Waals surface area contributed by atoms with Crippen LogP contribution in [0.25, 0.3) is 10.2 Å². The van der Waals surface area contributed by atoms with Gasteiger partial charge in [0, 0.05) is 6.20 Å². The summed E-state index contributed by atoms with van der Waals surface area (Å²) in [4.78, 5) is 23.8. The summed E-state index contributed by atoms with van der Waals surface area (Å²) in [5, 5.41) is 0.572. The van der Waals surface area contributed by atoms with Gasteiger partial charge < -0.3 is 4.74 Å². The number of para-hydroxylation sites is 1. The van der Waals surface area contributed by atoms with E-state index in [0.717, 1.165) is 21.5 Å². The highest BCUT2D eigenvalue weighted by Crippen LogP contribution is 2.34. The fourth-order valence-corrected chi connectivity index (χ4v) is 3.98. The number of methoxy groups -OCH3 is 1. The first-order valence-electron chi connectivity index (χ1n) is 9.02. The minimum Gasteiger partial charge on any atom is -0.494 e. The molecule has 0 atom stereocenters. The molecule has 0 fully saturated rings. The van der Waals surface area contributed by atoms with E-state index in [1.165, 1.54) is 23.5 Å². The molecule has 5 nitrogen and oxygen atoms in total. The van der Waals surface area contributed by atoms with Crippen molar-refractivity contribution in [1.29, 1.82) is 0 Å². The summed E-state index contributed by atoms with van der Waals surface area (Å²) in [7, 11) is 1.60. The van der Waals surface area contributed by atoms with Crippen molar-refractivity contribution >= 4 is 32.6 Å². The summed E-state index contributed by atoms with van der Waals surface area (Å²) in [5.41, 5.74) is 2.21. The largest absolute Gasteiger partial charge is 0.494 e. The lowest BCUT2D eigenvalue weighted by molar-refractivity contribution is -0.118. The van der Waals surface area contributed by atoms with Crippen LogP contribution in [-0.4, -0.2) is 23.0 Å². The molecule has 0 unspecified atom stereocenters. The van der Waals surface area contributed by atoms with Gasteiger partial charge in [0.15, 0.2) is 5.13 Å². The third-order valence-corrected chi connectivity index (χ3v) is 5.48. The number of fused-ring (bicyclic) bond motifs is 1. The van der Waals surface area contributed by atoms with Crippen LogP contribution in [0, 0.1) is 5.82 Å². The number of anilines is 1. The topological polar surface area (TPSA) is 55.3 Å². The lowest BCUT2D eigenvalue weighted by Crippen LogP contribution is -2.32. The standard InChI is InChI=1S/C22H18FN3O2S/c1-28-18-6-4-7-19-21(18)25-22(29-19)26(14-17-5-2-3-12-24-17)20(27)13-15-8-10-16(23)11-9-15/h2-12H,13-14H2,1H3. The van der Waals surface area contributed by atoms with Gasteiger partial charge in [-0.3, -0.25) is 14.7 Å². The predicted molar refractivity (Wildman–Crippen MR) is 112 cm³/mol. The molecule has 0 radical (unpaired) electrons. The summed E-state index contributed by atoms with van der Waals surface area (Å²) in [6.45, 7) is 0.295. The first-order chi connectivity index (χ1) is 14.1. The van der Waals surface area contributed by atoms with E-state index in [4.69, 9.17) is 4.74 Å². The second kappa shape index (κ2) is 8.36. The monoisotopic (exact) mass is 407 g/mol. The maximum Gasteiger partial charge on any atom is 0.233 e. The van der Waals surface area contributed by atoms with E-state index in [1.54, 1.807) is 30.3 Å². The van der Waals surface area contributed by atoms with Crippen molar-refractivity contribution in [3.8, 4) is 5.75 Å². The number of ether oxygens (including phenoxy) is 1. The van der Waals surface area contributed by atoms with E-state index >= 15 is 0 Å². The van der Waals surface area contributed by atoms with Crippen LogP contribution in [0.2, 0.25) is 0 Å². The number of halogens is 1. The number of hydrogen-bond donors (Lipinski definition) is 0. The van der Waals surface area contributed by atoms with Crippen LogP contribution in [0.3, 0.4) is 0 Å². The van der Waals surface area contributed by atoms with Gasteiger partial charge in [0.05, 0.1) is 30.5 Å².